The van der Waals surface area contributed by atoms with Crippen molar-refractivity contribution < 1.29 is 14.0 Å². The van der Waals surface area contributed by atoms with Gasteiger partial charge in [-0.05, 0) is 66.5 Å². The molecule has 35 heavy (non-hydrogen) atoms. The molecule has 8 heteroatoms. The Kier molecular flexibility index (Phi) is 6.63. The molecule has 0 atom stereocenters. The van der Waals surface area contributed by atoms with Gasteiger partial charge >= 0.3 is 0 Å². The lowest BCUT2D eigenvalue weighted by Gasteiger charge is -2.35. The fraction of sp³-hybridized carbons (Fsp3) is 0.148. The standard InChI is InChI=1S/C27H23FN4O2S/c28-22-7-1-5-21(18-22)27(34)32-16-14-31(15-17-32)26(33)20-9-11-23(12-10-20)30-35-24-8-2-4-19-6-3-13-29-25(19)24/h1-13,18,30H,14-17H2. The second-order valence-electron chi connectivity index (χ2n) is 8.21. The first-order chi connectivity index (χ1) is 17.1. The molecule has 5 rings (SSSR count). The summed E-state index contributed by atoms with van der Waals surface area (Å²) in [6, 6.07) is 23.0. The fourth-order valence-electron chi connectivity index (χ4n) is 4.05. The number of piperazine rings is 1. The molecule has 3 aromatic carbocycles. The molecule has 0 bridgehead atoms. The van der Waals surface area contributed by atoms with Gasteiger partial charge < -0.3 is 14.5 Å². The number of halogens is 1. The van der Waals surface area contributed by atoms with E-state index >= 15 is 0 Å². The SMILES string of the molecule is O=C(c1ccc(NSc2cccc3cccnc23)cc1)N1CCN(C(=O)c2cccc(F)c2)CC1. The van der Waals surface area contributed by atoms with E-state index in [0.29, 0.717) is 37.3 Å². The molecular weight excluding hydrogens is 463 g/mol. The van der Waals surface area contributed by atoms with Crippen LogP contribution in [0, 0.1) is 5.82 Å². The van der Waals surface area contributed by atoms with E-state index in [-0.39, 0.29) is 11.8 Å². The van der Waals surface area contributed by atoms with E-state index in [1.165, 1.54) is 30.1 Å². The predicted molar refractivity (Wildman–Crippen MR) is 136 cm³/mol. The van der Waals surface area contributed by atoms with Crippen LogP contribution >= 0.6 is 11.9 Å². The molecule has 0 unspecified atom stereocenters. The highest BCUT2D eigenvalue weighted by Gasteiger charge is 2.25. The summed E-state index contributed by atoms with van der Waals surface area (Å²) in [5.74, 6) is -0.721. The molecule has 6 nitrogen and oxygen atoms in total. The number of nitrogens with zero attached hydrogens (tertiary/aromatic N) is 3. The predicted octanol–water partition coefficient (Wildman–Crippen LogP) is 5.09. The number of para-hydroxylation sites is 1. The number of hydrogen-bond donors (Lipinski definition) is 1. The number of amides is 2. The van der Waals surface area contributed by atoms with Gasteiger partial charge in [0.1, 0.15) is 5.82 Å². The van der Waals surface area contributed by atoms with Gasteiger partial charge in [0.25, 0.3) is 11.8 Å². The van der Waals surface area contributed by atoms with E-state index in [1.807, 2.05) is 42.5 Å². The molecule has 2 heterocycles. The lowest BCUT2D eigenvalue weighted by molar-refractivity contribution is 0.0535. The average Bonchev–Trinajstić information content (AvgIpc) is 2.91. The number of nitrogens with one attached hydrogen (secondary N) is 1. The fourth-order valence-corrected chi connectivity index (χ4v) is 4.83. The van der Waals surface area contributed by atoms with E-state index in [9.17, 15) is 14.0 Å². The summed E-state index contributed by atoms with van der Waals surface area (Å²) in [4.78, 5) is 34.5. The summed E-state index contributed by atoms with van der Waals surface area (Å²) in [6.07, 6.45) is 1.78. The zero-order chi connectivity index (χ0) is 24.2. The van der Waals surface area contributed by atoms with Crippen molar-refractivity contribution in [1.29, 1.82) is 0 Å². The van der Waals surface area contributed by atoms with E-state index in [4.69, 9.17) is 0 Å². The molecule has 0 aliphatic carbocycles. The van der Waals surface area contributed by atoms with Gasteiger partial charge in [0, 0.05) is 54.6 Å². The van der Waals surface area contributed by atoms with Crippen molar-refractivity contribution in [3.63, 3.8) is 0 Å². The van der Waals surface area contributed by atoms with Gasteiger partial charge in [-0.2, -0.15) is 0 Å². The summed E-state index contributed by atoms with van der Waals surface area (Å²) in [5, 5.41) is 1.08. The Bertz CT molecular complexity index is 1370. The zero-order valence-corrected chi connectivity index (χ0v) is 19.7. The Morgan fingerprint density at radius 3 is 2.17 bits per heavy atom. The van der Waals surface area contributed by atoms with Gasteiger partial charge in [-0.3, -0.25) is 14.6 Å². The van der Waals surface area contributed by atoms with Crippen molar-refractivity contribution in [3.8, 4) is 0 Å². The van der Waals surface area contributed by atoms with Crippen molar-refractivity contribution in [1.82, 2.24) is 14.8 Å². The number of hydrogen-bond acceptors (Lipinski definition) is 5. The van der Waals surface area contributed by atoms with Crippen LogP contribution in [0.25, 0.3) is 10.9 Å². The number of benzene rings is 3. The van der Waals surface area contributed by atoms with E-state index in [2.05, 4.69) is 9.71 Å². The molecule has 0 radical (unpaired) electrons. The summed E-state index contributed by atoms with van der Waals surface area (Å²) in [7, 11) is 0. The van der Waals surface area contributed by atoms with Crippen molar-refractivity contribution >= 4 is 40.4 Å². The quantitative estimate of drug-likeness (QED) is 0.398. The molecule has 176 valence electrons. The van der Waals surface area contributed by atoms with Gasteiger partial charge in [0.15, 0.2) is 0 Å². The van der Waals surface area contributed by atoms with E-state index in [1.54, 1.807) is 34.2 Å². The average molecular weight is 487 g/mol. The minimum atomic E-state index is -0.435. The van der Waals surface area contributed by atoms with E-state index in [0.717, 1.165) is 21.5 Å². The maximum atomic E-state index is 13.4. The third-order valence-electron chi connectivity index (χ3n) is 5.93. The number of rotatable bonds is 5. The molecule has 1 aliphatic heterocycles. The lowest BCUT2D eigenvalue weighted by Crippen LogP contribution is -2.50. The normalized spacial score (nSPS) is 13.6. The molecule has 1 aromatic heterocycles. The number of pyridine rings is 1. The van der Waals surface area contributed by atoms with Crippen LogP contribution in [0.5, 0.6) is 0 Å². The molecule has 1 N–H and O–H groups in total. The summed E-state index contributed by atoms with van der Waals surface area (Å²) in [6.45, 7) is 1.69. The third kappa shape index (κ3) is 5.12. The van der Waals surface area contributed by atoms with Crippen LogP contribution in [0.1, 0.15) is 20.7 Å². The molecule has 0 spiro atoms. The minimum Gasteiger partial charge on any atom is -0.335 e. The Hall–Kier alpha value is -3.91. The Labute approximate surface area is 206 Å². The van der Waals surface area contributed by atoms with Crippen LogP contribution < -0.4 is 4.72 Å². The maximum absolute atomic E-state index is 13.4. The van der Waals surface area contributed by atoms with Crippen molar-refractivity contribution in [2.24, 2.45) is 0 Å². The molecule has 1 aliphatic rings. The number of carbonyl (C=O) groups excluding carboxylic acids is 2. The van der Waals surface area contributed by atoms with Gasteiger partial charge in [-0.1, -0.05) is 24.3 Å². The molecule has 1 fully saturated rings. The van der Waals surface area contributed by atoms with Gasteiger partial charge in [-0.15, -0.1) is 0 Å². The van der Waals surface area contributed by atoms with Crippen LogP contribution in [0.4, 0.5) is 10.1 Å². The summed E-state index contributed by atoms with van der Waals surface area (Å²) in [5.41, 5.74) is 2.74. The maximum Gasteiger partial charge on any atom is 0.254 e. The largest absolute Gasteiger partial charge is 0.335 e. The van der Waals surface area contributed by atoms with Crippen LogP contribution in [-0.2, 0) is 0 Å². The Morgan fingerprint density at radius 1 is 0.800 bits per heavy atom. The van der Waals surface area contributed by atoms with Crippen LogP contribution in [0.15, 0.2) is 90.0 Å². The summed E-state index contributed by atoms with van der Waals surface area (Å²) >= 11 is 1.48. The van der Waals surface area contributed by atoms with Crippen LogP contribution in [0.3, 0.4) is 0 Å². The second kappa shape index (κ2) is 10.1. The van der Waals surface area contributed by atoms with Crippen LogP contribution in [0.2, 0.25) is 0 Å². The monoisotopic (exact) mass is 486 g/mol. The van der Waals surface area contributed by atoms with Crippen molar-refractivity contribution in [2.45, 2.75) is 4.90 Å². The number of aromatic nitrogens is 1. The molecule has 1 saturated heterocycles. The first-order valence-electron chi connectivity index (χ1n) is 11.3. The van der Waals surface area contributed by atoms with Gasteiger partial charge in [-0.25, -0.2) is 4.39 Å². The first kappa shape index (κ1) is 22.9. The highest BCUT2D eigenvalue weighted by molar-refractivity contribution is 8.00. The lowest BCUT2D eigenvalue weighted by atomic mass is 10.1. The summed E-state index contributed by atoms with van der Waals surface area (Å²) < 4.78 is 16.8. The zero-order valence-electron chi connectivity index (χ0n) is 18.9. The number of anilines is 1. The molecule has 0 saturated carbocycles. The van der Waals surface area contributed by atoms with Gasteiger partial charge in [0.2, 0.25) is 0 Å². The molecule has 2 amide bonds. The highest BCUT2D eigenvalue weighted by atomic mass is 32.2. The van der Waals surface area contributed by atoms with Crippen molar-refractivity contribution in [2.75, 3.05) is 30.9 Å². The third-order valence-corrected chi connectivity index (χ3v) is 6.82. The Morgan fingerprint density at radius 2 is 1.46 bits per heavy atom. The highest BCUT2D eigenvalue weighted by Crippen LogP contribution is 2.27. The number of fused-ring (bicyclic) bond motifs is 1. The molecular formula is C27H23FN4O2S. The smallest absolute Gasteiger partial charge is 0.254 e. The van der Waals surface area contributed by atoms with Gasteiger partial charge in [0.05, 0.1) is 10.4 Å². The van der Waals surface area contributed by atoms with Crippen LogP contribution in [-0.4, -0.2) is 52.8 Å². The number of carbonyl (C=O) groups is 2. The minimum absolute atomic E-state index is 0.0692. The van der Waals surface area contributed by atoms with Crippen molar-refractivity contribution in [3.05, 3.63) is 102 Å². The van der Waals surface area contributed by atoms with E-state index < -0.39 is 5.82 Å². The topological polar surface area (TPSA) is 65.5 Å². The first-order valence-corrected chi connectivity index (χ1v) is 12.1. The Balaban J connectivity index is 1.17. The second-order valence-corrected chi connectivity index (χ2v) is 9.06. The molecule has 4 aromatic rings.